The average Bonchev–Trinajstić information content (AvgIpc) is 2.13. The van der Waals surface area contributed by atoms with Crippen molar-refractivity contribution in [1.82, 2.24) is 0 Å². The Bertz CT molecular complexity index is 195. The van der Waals surface area contributed by atoms with Crippen LogP contribution in [-0.4, -0.2) is 12.5 Å². The molecule has 1 heterocycles. The van der Waals surface area contributed by atoms with Crippen molar-refractivity contribution in [3.63, 3.8) is 0 Å². The van der Waals surface area contributed by atoms with E-state index in [1.54, 1.807) is 6.08 Å². The predicted molar refractivity (Wildman–Crippen MR) is 43.0 cm³/mol. The molecule has 0 saturated carbocycles. The van der Waals surface area contributed by atoms with Gasteiger partial charge in [-0.1, -0.05) is 11.6 Å². The fourth-order valence-corrected chi connectivity index (χ4v) is 1.96. The lowest BCUT2D eigenvalue weighted by molar-refractivity contribution is -0.104. The second-order valence-electron chi connectivity index (χ2n) is 1.82. The van der Waals surface area contributed by atoms with Gasteiger partial charge in [-0.3, -0.25) is 4.79 Å². The normalized spacial score (nSPS) is 29.3. The first kappa shape index (κ1) is 6.90. The molecule has 0 bridgehead atoms. The molecule has 3 heteroatoms. The number of allylic oxidation sites excluding steroid dienone is 2. The van der Waals surface area contributed by atoms with Crippen LogP contribution in [0.5, 0.6) is 0 Å². The van der Waals surface area contributed by atoms with Gasteiger partial charge in [0.2, 0.25) is 0 Å². The van der Waals surface area contributed by atoms with Crippen molar-refractivity contribution >= 4 is 28.8 Å². The number of hydrogen-bond acceptors (Lipinski definition) is 1. The molecule has 0 fully saturated rings. The molecule has 0 radical (unpaired) electrons. The lowest BCUT2D eigenvalue weighted by atomic mass is 10.3. The Morgan fingerprint density at radius 3 is 2.67 bits per heavy atom. The van der Waals surface area contributed by atoms with Gasteiger partial charge in [-0.15, -0.1) is 0 Å². The van der Waals surface area contributed by atoms with Crippen LogP contribution in [0.25, 0.3) is 0 Å². The summed E-state index contributed by atoms with van der Waals surface area (Å²) in [5, 5.41) is 1.91. The van der Waals surface area contributed by atoms with Crippen LogP contribution in [0.15, 0.2) is 21.4 Å². The first-order valence-corrected chi connectivity index (χ1v) is 4.74. The van der Waals surface area contributed by atoms with E-state index >= 15 is 0 Å². The molecule has 50 valence electrons. The lowest BCUT2D eigenvalue weighted by Crippen LogP contribution is -1.70. The molecule has 1 nitrogen and oxygen atoms in total. The Labute approximate surface area is 61.7 Å². The third kappa shape index (κ3) is 1.37. The molecule has 1 rings (SSSR count). The maximum atomic E-state index is 10.1. The van der Waals surface area contributed by atoms with Crippen molar-refractivity contribution < 1.29 is 4.79 Å². The fourth-order valence-electron chi connectivity index (χ4n) is 0.626. The highest BCUT2D eigenvalue weighted by molar-refractivity contribution is 8.23. The minimum Gasteiger partial charge on any atom is -0.298 e. The third-order valence-corrected chi connectivity index (χ3v) is 3.50. The van der Waals surface area contributed by atoms with Crippen LogP contribution in [0, 0.1) is 0 Å². The summed E-state index contributed by atoms with van der Waals surface area (Å²) in [6.07, 6.45) is 4.57. The van der Waals surface area contributed by atoms with Gasteiger partial charge in [0.1, 0.15) is 0 Å². The molecule has 1 aliphatic rings. The number of hydrogen-bond donors (Lipinski definition) is 1. The summed E-state index contributed by atoms with van der Waals surface area (Å²) in [6.45, 7) is 0. The summed E-state index contributed by atoms with van der Waals surface area (Å²) in [7, 11) is -0.338. The summed E-state index contributed by atoms with van der Waals surface area (Å²) in [5.41, 5.74) is 0.716. The molecule has 0 aromatic carbocycles. The second kappa shape index (κ2) is 2.58. The first-order valence-electron chi connectivity index (χ1n) is 2.51. The fraction of sp³-hybridized carbons (Fsp3) is 0.167. The lowest BCUT2D eigenvalue weighted by Gasteiger charge is -2.00. The van der Waals surface area contributed by atoms with Gasteiger partial charge in [-0.05, 0) is 17.7 Å². The summed E-state index contributed by atoms with van der Waals surface area (Å²) < 4.78 is 0.812. The summed E-state index contributed by atoms with van der Waals surface area (Å²) in [6, 6.07) is 0. The number of aldehydes is 1. The van der Waals surface area contributed by atoms with Crippen LogP contribution in [0.4, 0.5) is 0 Å². The zero-order valence-electron chi connectivity index (χ0n) is 4.97. The number of rotatable bonds is 1. The zero-order chi connectivity index (χ0) is 6.85. The number of halogens is 1. The largest absolute Gasteiger partial charge is 0.298 e. The van der Waals surface area contributed by atoms with E-state index in [0.29, 0.717) is 5.57 Å². The highest BCUT2D eigenvalue weighted by atomic mass is 35.5. The standard InChI is InChI=1S/C6H7ClOS/c1-9-4-5(3-8)2-6(9)7/h2-4,9H,1H3. The quantitative estimate of drug-likeness (QED) is 0.460. The molecular formula is C6H7ClOS. The molecule has 1 aliphatic heterocycles. The van der Waals surface area contributed by atoms with Crippen LogP contribution < -0.4 is 0 Å². The van der Waals surface area contributed by atoms with Crippen molar-refractivity contribution in [2.45, 2.75) is 0 Å². The van der Waals surface area contributed by atoms with E-state index < -0.39 is 0 Å². The molecule has 0 amide bonds. The van der Waals surface area contributed by atoms with Gasteiger partial charge in [0.05, 0.1) is 4.36 Å². The molecule has 0 N–H and O–H groups in total. The van der Waals surface area contributed by atoms with Crippen molar-refractivity contribution in [2.75, 3.05) is 6.26 Å². The van der Waals surface area contributed by atoms with E-state index in [0.717, 1.165) is 10.7 Å². The minimum absolute atomic E-state index is 0.338. The molecule has 0 saturated heterocycles. The second-order valence-corrected chi connectivity index (χ2v) is 4.46. The average molecular weight is 163 g/mol. The van der Waals surface area contributed by atoms with E-state index in [4.69, 9.17) is 11.6 Å². The first-order chi connectivity index (χ1) is 4.24. The van der Waals surface area contributed by atoms with Gasteiger partial charge >= 0.3 is 0 Å². The monoisotopic (exact) mass is 162 g/mol. The summed E-state index contributed by atoms with van der Waals surface area (Å²) in [4.78, 5) is 10.1. The maximum absolute atomic E-state index is 10.1. The molecule has 0 aromatic heterocycles. The SMILES string of the molecule is C[SH]1C=C(C=O)C=C1Cl. The van der Waals surface area contributed by atoms with Crippen LogP contribution in [0.1, 0.15) is 0 Å². The van der Waals surface area contributed by atoms with Gasteiger partial charge in [0.25, 0.3) is 0 Å². The Hall–Kier alpha value is -0.210. The van der Waals surface area contributed by atoms with Gasteiger partial charge in [-0.25, -0.2) is 0 Å². The van der Waals surface area contributed by atoms with Gasteiger partial charge < -0.3 is 0 Å². The van der Waals surface area contributed by atoms with Crippen molar-refractivity contribution in [2.24, 2.45) is 0 Å². The Morgan fingerprint density at radius 1 is 1.78 bits per heavy atom. The van der Waals surface area contributed by atoms with E-state index in [-0.39, 0.29) is 10.9 Å². The van der Waals surface area contributed by atoms with Crippen LogP contribution in [0.3, 0.4) is 0 Å². The predicted octanol–water partition coefficient (Wildman–Crippen LogP) is 1.79. The zero-order valence-corrected chi connectivity index (χ0v) is 6.62. The Kier molecular flexibility index (Phi) is 1.98. The highest BCUT2D eigenvalue weighted by Gasteiger charge is 2.07. The van der Waals surface area contributed by atoms with Gasteiger partial charge in [-0.2, -0.15) is 10.9 Å². The summed E-state index contributed by atoms with van der Waals surface area (Å²) in [5.74, 6) is 0. The molecule has 0 spiro atoms. The Morgan fingerprint density at radius 2 is 2.44 bits per heavy atom. The minimum atomic E-state index is -0.338. The highest BCUT2D eigenvalue weighted by Crippen LogP contribution is 2.41. The molecule has 1 atom stereocenters. The van der Waals surface area contributed by atoms with Crippen molar-refractivity contribution in [1.29, 1.82) is 0 Å². The van der Waals surface area contributed by atoms with E-state index in [1.807, 2.05) is 11.7 Å². The maximum Gasteiger partial charge on any atom is 0.150 e. The number of carbonyl (C=O) groups is 1. The molecule has 0 aliphatic carbocycles. The number of thiol groups is 1. The van der Waals surface area contributed by atoms with E-state index in [1.165, 1.54) is 0 Å². The molecule has 0 aromatic rings. The van der Waals surface area contributed by atoms with Gasteiger partial charge in [0.15, 0.2) is 6.29 Å². The van der Waals surface area contributed by atoms with E-state index in [2.05, 4.69) is 0 Å². The summed E-state index contributed by atoms with van der Waals surface area (Å²) >= 11 is 5.72. The Balaban J connectivity index is 2.82. The van der Waals surface area contributed by atoms with Gasteiger partial charge in [0, 0.05) is 5.57 Å². The van der Waals surface area contributed by atoms with Crippen molar-refractivity contribution in [3.05, 3.63) is 21.4 Å². The molecule has 1 unspecified atom stereocenters. The van der Waals surface area contributed by atoms with Crippen molar-refractivity contribution in [3.8, 4) is 0 Å². The third-order valence-electron chi connectivity index (χ3n) is 1.10. The van der Waals surface area contributed by atoms with Crippen LogP contribution in [-0.2, 0) is 4.79 Å². The smallest absolute Gasteiger partial charge is 0.150 e. The molecular weight excluding hydrogens is 156 g/mol. The van der Waals surface area contributed by atoms with Crippen LogP contribution in [0.2, 0.25) is 0 Å². The topological polar surface area (TPSA) is 17.1 Å². The van der Waals surface area contributed by atoms with E-state index in [9.17, 15) is 4.79 Å². The van der Waals surface area contributed by atoms with Crippen LogP contribution >= 0.6 is 22.5 Å². The molecule has 9 heavy (non-hydrogen) atoms. The number of carbonyl (C=O) groups excluding carboxylic acids is 1.